The summed E-state index contributed by atoms with van der Waals surface area (Å²) in [6, 6.07) is 5.85. The SMILES string of the molecule is Cc1ccc(C)c(C(=O)NC2(CO)CCC2)c1. The Balaban J connectivity index is 2.17. The van der Waals surface area contributed by atoms with Crippen LogP contribution in [0.1, 0.15) is 40.7 Å². The number of hydrogen-bond acceptors (Lipinski definition) is 2. The first-order valence-corrected chi connectivity index (χ1v) is 6.07. The summed E-state index contributed by atoms with van der Waals surface area (Å²) in [5.41, 5.74) is 2.39. The first-order chi connectivity index (χ1) is 8.06. The highest BCUT2D eigenvalue weighted by molar-refractivity contribution is 5.96. The van der Waals surface area contributed by atoms with Crippen LogP contribution in [0.15, 0.2) is 18.2 Å². The van der Waals surface area contributed by atoms with E-state index in [1.807, 2.05) is 32.0 Å². The smallest absolute Gasteiger partial charge is 0.252 e. The normalized spacial score (nSPS) is 17.4. The molecule has 0 radical (unpaired) electrons. The van der Waals surface area contributed by atoms with Gasteiger partial charge in [0, 0.05) is 5.56 Å². The lowest BCUT2D eigenvalue weighted by atomic mass is 9.77. The number of amides is 1. The third-order valence-electron chi connectivity index (χ3n) is 3.63. The lowest BCUT2D eigenvalue weighted by Gasteiger charge is -2.41. The molecule has 1 aliphatic rings. The highest BCUT2D eigenvalue weighted by Gasteiger charge is 2.37. The van der Waals surface area contributed by atoms with Gasteiger partial charge in [0.2, 0.25) is 0 Å². The average molecular weight is 233 g/mol. The van der Waals surface area contributed by atoms with E-state index in [0.717, 1.165) is 30.4 Å². The molecule has 1 saturated carbocycles. The Bertz CT molecular complexity index is 430. The Kier molecular flexibility index (Phi) is 3.20. The van der Waals surface area contributed by atoms with Crippen molar-refractivity contribution in [1.82, 2.24) is 5.32 Å². The molecule has 1 amide bonds. The Morgan fingerprint density at radius 3 is 2.65 bits per heavy atom. The Morgan fingerprint density at radius 1 is 1.41 bits per heavy atom. The summed E-state index contributed by atoms with van der Waals surface area (Å²) in [6.07, 6.45) is 2.83. The standard InChI is InChI=1S/C14H19NO2/c1-10-4-5-11(2)12(8-10)13(17)15-14(9-16)6-3-7-14/h4-5,8,16H,3,6-7,9H2,1-2H3,(H,15,17). The molecule has 2 N–H and O–H groups in total. The van der Waals surface area contributed by atoms with E-state index in [9.17, 15) is 9.90 Å². The Morgan fingerprint density at radius 2 is 2.12 bits per heavy atom. The van der Waals surface area contributed by atoms with E-state index in [1.165, 1.54) is 0 Å². The molecule has 1 fully saturated rings. The van der Waals surface area contributed by atoms with Crippen LogP contribution >= 0.6 is 0 Å². The molecule has 0 aromatic heterocycles. The van der Waals surface area contributed by atoms with Gasteiger partial charge in [0.05, 0.1) is 12.1 Å². The fourth-order valence-corrected chi connectivity index (χ4v) is 2.21. The maximum absolute atomic E-state index is 12.2. The van der Waals surface area contributed by atoms with E-state index in [-0.39, 0.29) is 18.1 Å². The molecule has 17 heavy (non-hydrogen) atoms. The molecule has 2 rings (SSSR count). The summed E-state index contributed by atoms with van der Waals surface area (Å²) in [7, 11) is 0. The van der Waals surface area contributed by atoms with Crippen LogP contribution in [0.3, 0.4) is 0 Å². The third-order valence-corrected chi connectivity index (χ3v) is 3.63. The summed E-state index contributed by atoms with van der Waals surface area (Å²) in [5, 5.41) is 12.3. The maximum atomic E-state index is 12.2. The molecule has 3 heteroatoms. The molecular formula is C14H19NO2. The van der Waals surface area contributed by atoms with Gasteiger partial charge in [-0.25, -0.2) is 0 Å². The average Bonchev–Trinajstić information content (AvgIpc) is 2.26. The predicted molar refractivity (Wildman–Crippen MR) is 67.1 cm³/mol. The largest absolute Gasteiger partial charge is 0.394 e. The first kappa shape index (κ1) is 12.1. The van der Waals surface area contributed by atoms with Gasteiger partial charge in [0.15, 0.2) is 0 Å². The molecule has 0 spiro atoms. The Labute approximate surface area is 102 Å². The molecule has 1 aromatic rings. The number of carbonyl (C=O) groups excluding carboxylic acids is 1. The summed E-state index contributed by atoms with van der Waals surface area (Å²) in [4.78, 5) is 12.2. The highest BCUT2D eigenvalue weighted by atomic mass is 16.3. The van der Waals surface area contributed by atoms with E-state index < -0.39 is 0 Å². The van der Waals surface area contributed by atoms with Gasteiger partial charge in [-0.05, 0) is 44.7 Å². The second-order valence-electron chi connectivity index (χ2n) is 5.06. The zero-order valence-corrected chi connectivity index (χ0v) is 10.4. The van der Waals surface area contributed by atoms with Crippen LogP contribution in [0, 0.1) is 13.8 Å². The fraction of sp³-hybridized carbons (Fsp3) is 0.500. The number of benzene rings is 1. The zero-order valence-electron chi connectivity index (χ0n) is 10.4. The molecule has 0 unspecified atom stereocenters. The van der Waals surface area contributed by atoms with Gasteiger partial charge in [-0.3, -0.25) is 4.79 Å². The van der Waals surface area contributed by atoms with Gasteiger partial charge in [-0.15, -0.1) is 0 Å². The minimum absolute atomic E-state index is 0.0314. The zero-order chi connectivity index (χ0) is 12.5. The van der Waals surface area contributed by atoms with Gasteiger partial charge in [0.25, 0.3) is 5.91 Å². The lowest BCUT2D eigenvalue weighted by molar-refractivity contribution is 0.0641. The van der Waals surface area contributed by atoms with E-state index in [1.54, 1.807) is 0 Å². The summed E-state index contributed by atoms with van der Waals surface area (Å²) in [6.45, 7) is 3.94. The van der Waals surface area contributed by atoms with Crippen molar-refractivity contribution in [2.75, 3.05) is 6.61 Å². The van der Waals surface area contributed by atoms with Crippen molar-refractivity contribution >= 4 is 5.91 Å². The molecule has 0 aliphatic heterocycles. The number of aliphatic hydroxyl groups is 1. The molecule has 0 atom stereocenters. The molecule has 0 saturated heterocycles. The van der Waals surface area contributed by atoms with Crippen LogP contribution < -0.4 is 5.32 Å². The van der Waals surface area contributed by atoms with E-state index in [2.05, 4.69) is 5.32 Å². The van der Waals surface area contributed by atoms with Gasteiger partial charge in [-0.1, -0.05) is 17.7 Å². The van der Waals surface area contributed by atoms with Crippen molar-refractivity contribution in [1.29, 1.82) is 0 Å². The molecule has 1 aliphatic carbocycles. The molecular weight excluding hydrogens is 214 g/mol. The number of aliphatic hydroxyl groups excluding tert-OH is 1. The molecule has 0 heterocycles. The fourth-order valence-electron chi connectivity index (χ4n) is 2.21. The van der Waals surface area contributed by atoms with E-state index in [0.29, 0.717) is 5.56 Å². The minimum atomic E-state index is -0.368. The Hall–Kier alpha value is -1.35. The van der Waals surface area contributed by atoms with Gasteiger partial charge in [0.1, 0.15) is 0 Å². The monoisotopic (exact) mass is 233 g/mol. The van der Waals surface area contributed by atoms with Crippen molar-refractivity contribution < 1.29 is 9.90 Å². The molecule has 3 nitrogen and oxygen atoms in total. The maximum Gasteiger partial charge on any atom is 0.252 e. The predicted octanol–water partition coefficient (Wildman–Crippen LogP) is 1.95. The van der Waals surface area contributed by atoms with Crippen molar-refractivity contribution in [3.8, 4) is 0 Å². The number of carbonyl (C=O) groups is 1. The third kappa shape index (κ3) is 2.34. The van der Waals surface area contributed by atoms with Crippen molar-refractivity contribution in [2.45, 2.75) is 38.6 Å². The van der Waals surface area contributed by atoms with Crippen molar-refractivity contribution in [2.24, 2.45) is 0 Å². The van der Waals surface area contributed by atoms with E-state index >= 15 is 0 Å². The second kappa shape index (κ2) is 4.49. The summed E-state index contributed by atoms with van der Waals surface area (Å²) in [5.74, 6) is -0.0695. The summed E-state index contributed by atoms with van der Waals surface area (Å²) >= 11 is 0. The number of nitrogens with one attached hydrogen (secondary N) is 1. The molecule has 0 bridgehead atoms. The van der Waals surface area contributed by atoms with Crippen LogP contribution in [0.4, 0.5) is 0 Å². The van der Waals surface area contributed by atoms with Crippen molar-refractivity contribution in [3.05, 3.63) is 34.9 Å². The van der Waals surface area contributed by atoms with Gasteiger partial charge < -0.3 is 10.4 Å². The van der Waals surface area contributed by atoms with Crippen LogP contribution in [-0.4, -0.2) is 23.2 Å². The minimum Gasteiger partial charge on any atom is -0.394 e. The number of aryl methyl sites for hydroxylation is 2. The van der Waals surface area contributed by atoms with Crippen molar-refractivity contribution in [3.63, 3.8) is 0 Å². The first-order valence-electron chi connectivity index (χ1n) is 6.07. The quantitative estimate of drug-likeness (QED) is 0.838. The number of rotatable bonds is 3. The second-order valence-corrected chi connectivity index (χ2v) is 5.06. The summed E-state index contributed by atoms with van der Waals surface area (Å²) < 4.78 is 0. The molecule has 1 aromatic carbocycles. The number of hydrogen-bond donors (Lipinski definition) is 2. The molecule has 92 valence electrons. The van der Waals surface area contributed by atoms with Crippen LogP contribution in [0.25, 0.3) is 0 Å². The lowest BCUT2D eigenvalue weighted by Crippen LogP contribution is -2.56. The topological polar surface area (TPSA) is 49.3 Å². The van der Waals surface area contributed by atoms with Crippen LogP contribution in [-0.2, 0) is 0 Å². The van der Waals surface area contributed by atoms with Gasteiger partial charge in [-0.2, -0.15) is 0 Å². The highest BCUT2D eigenvalue weighted by Crippen LogP contribution is 2.31. The van der Waals surface area contributed by atoms with E-state index in [4.69, 9.17) is 0 Å². The van der Waals surface area contributed by atoms with Crippen LogP contribution in [0.2, 0.25) is 0 Å². The van der Waals surface area contributed by atoms with Crippen LogP contribution in [0.5, 0.6) is 0 Å². The van der Waals surface area contributed by atoms with Gasteiger partial charge >= 0.3 is 0 Å².